The van der Waals surface area contributed by atoms with Crippen molar-refractivity contribution >= 4 is 27.8 Å². The Kier molecular flexibility index (Phi) is 4.26. The molecule has 1 aromatic carbocycles. The molecule has 32 heavy (non-hydrogen) atoms. The van der Waals surface area contributed by atoms with Crippen LogP contribution in [0.3, 0.4) is 0 Å². The van der Waals surface area contributed by atoms with Crippen molar-refractivity contribution in [1.82, 2.24) is 28.1 Å². The molecule has 0 unspecified atom stereocenters. The van der Waals surface area contributed by atoms with Gasteiger partial charge >= 0.3 is 5.69 Å². The molecule has 0 atom stereocenters. The lowest BCUT2D eigenvalue weighted by Crippen LogP contribution is -2.37. The molecule has 162 valence electrons. The maximum atomic E-state index is 13.5. The molecule has 5 rings (SSSR count). The summed E-state index contributed by atoms with van der Waals surface area (Å²) < 4.78 is 4.74. The smallest absolute Gasteiger partial charge is 0.332 e. The van der Waals surface area contributed by atoms with Crippen molar-refractivity contribution in [2.75, 3.05) is 0 Å². The molecular weight excluding hydrogens is 412 g/mol. The Labute approximate surface area is 180 Å². The van der Waals surface area contributed by atoms with E-state index >= 15 is 0 Å². The van der Waals surface area contributed by atoms with Crippen LogP contribution in [-0.2, 0) is 20.5 Å². The molecule has 0 aliphatic heterocycles. The Balaban J connectivity index is 2.04. The van der Waals surface area contributed by atoms with Crippen LogP contribution >= 0.6 is 0 Å². The number of aromatic nitrogens is 6. The van der Waals surface area contributed by atoms with Gasteiger partial charge in [-0.3, -0.25) is 23.7 Å². The molecule has 5 aromatic rings. The highest BCUT2D eigenvalue weighted by Gasteiger charge is 2.24. The van der Waals surface area contributed by atoms with E-state index in [0.717, 1.165) is 15.5 Å². The Morgan fingerprint density at radius 1 is 1.03 bits per heavy atom. The van der Waals surface area contributed by atoms with Gasteiger partial charge in [-0.25, -0.2) is 13.8 Å². The van der Waals surface area contributed by atoms with Crippen molar-refractivity contribution in [3.63, 3.8) is 0 Å². The van der Waals surface area contributed by atoms with Crippen molar-refractivity contribution < 1.29 is 5.11 Å². The third kappa shape index (κ3) is 2.55. The standard InChI is InChI=1S/C22H20N6O4/c1-4-7-14-18(29)27(13-10-12-8-5-6-9-15(12)23-11-13)21-24-17-16(28(21)19(14)30)20(31)26(3)22(32)25(17)2/h5-6,8-11,30H,4,7H2,1-3H3. The van der Waals surface area contributed by atoms with E-state index in [2.05, 4.69) is 9.97 Å². The summed E-state index contributed by atoms with van der Waals surface area (Å²) in [6.45, 7) is 1.89. The predicted molar refractivity (Wildman–Crippen MR) is 120 cm³/mol. The van der Waals surface area contributed by atoms with E-state index in [1.54, 1.807) is 12.3 Å². The average Bonchev–Trinajstić information content (AvgIpc) is 3.19. The molecule has 0 spiro atoms. The number of imidazole rings is 1. The van der Waals surface area contributed by atoms with E-state index < -0.39 is 16.8 Å². The van der Waals surface area contributed by atoms with Crippen molar-refractivity contribution in [3.05, 3.63) is 73.3 Å². The van der Waals surface area contributed by atoms with Crippen molar-refractivity contribution in [1.29, 1.82) is 0 Å². The van der Waals surface area contributed by atoms with Crippen molar-refractivity contribution in [2.45, 2.75) is 19.8 Å². The SMILES string of the molecule is CCCc1c(O)n2c3c(=O)n(C)c(=O)n(C)c3nc2n(-c2cnc3ccccc3c2)c1=O. The topological polar surface area (TPSA) is 116 Å². The largest absolute Gasteiger partial charge is 0.494 e. The molecule has 10 nitrogen and oxygen atoms in total. The fourth-order valence-electron chi connectivity index (χ4n) is 4.07. The first kappa shape index (κ1) is 19.7. The second kappa shape index (κ2) is 6.91. The zero-order valence-electron chi connectivity index (χ0n) is 17.7. The van der Waals surface area contributed by atoms with Gasteiger partial charge in [0.05, 0.1) is 23.0 Å². The van der Waals surface area contributed by atoms with Gasteiger partial charge in [-0.05, 0) is 18.6 Å². The van der Waals surface area contributed by atoms with Gasteiger partial charge in [0, 0.05) is 19.5 Å². The van der Waals surface area contributed by atoms with Gasteiger partial charge in [0.25, 0.3) is 11.1 Å². The number of hydrogen-bond acceptors (Lipinski definition) is 6. The summed E-state index contributed by atoms with van der Waals surface area (Å²) in [4.78, 5) is 47.8. The van der Waals surface area contributed by atoms with Crippen LogP contribution in [0.25, 0.3) is 33.5 Å². The van der Waals surface area contributed by atoms with Crippen LogP contribution in [0.4, 0.5) is 0 Å². The summed E-state index contributed by atoms with van der Waals surface area (Å²) in [5.74, 6) is -0.326. The first-order valence-corrected chi connectivity index (χ1v) is 10.1. The van der Waals surface area contributed by atoms with Gasteiger partial charge in [-0.15, -0.1) is 0 Å². The molecule has 0 radical (unpaired) electrons. The number of aromatic hydroxyl groups is 1. The molecule has 4 aromatic heterocycles. The highest BCUT2D eigenvalue weighted by Crippen LogP contribution is 2.25. The van der Waals surface area contributed by atoms with Gasteiger partial charge in [0.2, 0.25) is 11.7 Å². The number of benzene rings is 1. The Morgan fingerprint density at radius 3 is 2.53 bits per heavy atom. The first-order chi connectivity index (χ1) is 15.3. The summed E-state index contributed by atoms with van der Waals surface area (Å²) in [7, 11) is 2.84. The molecule has 0 amide bonds. The minimum Gasteiger partial charge on any atom is -0.494 e. The van der Waals surface area contributed by atoms with Gasteiger partial charge < -0.3 is 5.11 Å². The van der Waals surface area contributed by atoms with Crippen LogP contribution in [0.1, 0.15) is 18.9 Å². The minimum atomic E-state index is -0.616. The number of para-hydroxylation sites is 1. The third-order valence-corrected chi connectivity index (χ3v) is 5.72. The van der Waals surface area contributed by atoms with Crippen LogP contribution in [0.2, 0.25) is 0 Å². The van der Waals surface area contributed by atoms with Crippen LogP contribution in [0.15, 0.2) is 50.9 Å². The third-order valence-electron chi connectivity index (χ3n) is 5.72. The normalized spacial score (nSPS) is 11.7. The van der Waals surface area contributed by atoms with Crippen LogP contribution in [0.5, 0.6) is 5.88 Å². The molecule has 1 N–H and O–H groups in total. The van der Waals surface area contributed by atoms with Gasteiger partial charge in [-0.2, -0.15) is 4.98 Å². The highest BCUT2D eigenvalue weighted by atomic mass is 16.3. The zero-order valence-corrected chi connectivity index (χ0v) is 17.7. The Bertz CT molecular complexity index is 1740. The quantitative estimate of drug-likeness (QED) is 0.459. The summed E-state index contributed by atoms with van der Waals surface area (Å²) in [6, 6.07) is 9.28. The van der Waals surface area contributed by atoms with Crippen LogP contribution < -0.4 is 16.8 Å². The number of fused-ring (bicyclic) bond motifs is 4. The monoisotopic (exact) mass is 432 g/mol. The van der Waals surface area contributed by atoms with E-state index in [-0.39, 0.29) is 28.4 Å². The molecule has 10 heteroatoms. The maximum absolute atomic E-state index is 13.5. The highest BCUT2D eigenvalue weighted by molar-refractivity contribution is 5.81. The summed E-state index contributed by atoms with van der Waals surface area (Å²) in [5.41, 5.74) is -0.179. The lowest BCUT2D eigenvalue weighted by atomic mass is 10.1. The molecular formula is C22H20N6O4. The number of rotatable bonds is 3. The second-order valence-electron chi connectivity index (χ2n) is 7.70. The van der Waals surface area contributed by atoms with Gasteiger partial charge in [0.1, 0.15) is 0 Å². The number of nitrogens with zero attached hydrogens (tertiary/aromatic N) is 6. The van der Waals surface area contributed by atoms with Crippen LogP contribution in [0, 0.1) is 0 Å². The summed E-state index contributed by atoms with van der Waals surface area (Å²) >= 11 is 0. The second-order valence-corrected chi connectivity index (χ2v) is 7.70. The van der Waals surface area contributed by atoms with Crippen LogP contribution in [-0.4, -0.2) is 33.2 Å². The fraction of sp³-hybridized carbons (Fsp3) is 0.227. The maximum Gasteiger partial charge on any atom is 0.332 e. The van der Waals surface area contributed by atoms with Crippen molar-refractivity contribution in [2.24, 2.45) is 14.1 Å². The lowest BCUT2D eigenvalue weighted by molar-refractivity contribution is 0.435. The molecule has 4 heterocycles. The van der Waals surface area contributed by atoms with E-state index in [1.165, 1.54) is 27.6 Å². The molecule has 0 saturated heterocycles. The molecule has 0 aliphatic carbocycles. The lowest BCUT2D eigenvalue weighted by Gasteiger charge is -2.13. The fourth-order valence-corrected chi connectivity index (χ4v) is 4.07. The van der Waals surface area contributed by atoms with E-state index in [9.17, 15) is 19.5 Å². The Hall–Kier alpha value is -4.21. The molecule has 0 aliphatic rings. The molecule has 0 bridgehead atoms. The van der Waals surface area contributed by atoms with Crippen molar-refractivity contribution in [3.8, 4) is 11.6 Å². The number of pyridine rings is 1. The van der Waals surface area contributed by atoms with Gasteiger partial charge in [-0.1, -0.05) is 31.5 Å². The summed E-state index contributed by atoms with van der Waals surface area (Å²) in [5, 5.41) is 11.8. The van der Waals surface area contributed by atoms with E-state index in [0.29, 0.717) is 18.5 Å². The number of hydrogen-bond donors (Lipinski definition) is 1. The number of aryl methyl sites for hydroxylation is 1. The van der Waals surface area contributed by atoms with Gasteiger partial charge in [0.15, 0.2) is 11.2 Å². The summed E-state index contributed by atoms with van der Waals surface area (Å²) in [6.07, 6.45) is 2.45. The van der Waals surface area contributed by atoms with E-state index in [1.807, 2.05) is 31.2 Å². The Morgan fingerprint density at radius 2 is 1.78 bits per heavy atom. The molecule has 0 fully saturated rings. The first-order valence-electron chi connectivity index (χ1n) is 10.1. The zero-order chi connectivity index (χ0) is 22.7. The molecule has 0 saturated carbocycles. The van der Waals surface area contributed by atoms with E-state index in [4.69, 9.17) is 0 Å². The predicted octanol–water partition coefficient (Wildman–Crippen LogP) is 1.24. The minimum absolute atomic E-state index is 0.0157. The average molecular weight is 432 g/mol.